The number of carbonyl (C=O) groups excluding carboxylic acids is 1. The molecule has 158 valence electrons. The van der Waals surface area contributed by atoms with E-state index in [1.54, 1.807) is 14.0 Å². The minimum absolute atomic E-state index is 0.0294. The fourth-order valence-electron chi connectivity index (χ4n) is 6.39. The quantitative estimate of drug-likeness (QED) is 0.666. The summed E-state index contributed by atoms with van der Waals surface area (Å²) in [6.07, 6.45) is 0.0733. The number of methoxy groups -OCH3 is 1. The molecule has 7 atom stereocenters. The van der Waals surface area contributed by atoms with Crippen LogP contribution in [0.1, 0.15) is 25.3 Å². The first-order chi connectivity index (χ1) is 13.9. The van der Waals surface area contributed by atoms with Crippen molar-refractivity contribution < 1.29 is 29.3 Å². The normalized spacial score (nSPS) is 41.0. The number of fused-ring (bicyclic) bond motifs is 2. The van der Waals surface area contributed by atoms with Gasteiger partial charge in [0.1, 0.15) is 11.2 Å². The molecule has 1 amide bonds. The lowest BCUT2D eigenvalue weighted by Gasteiger charge is -2.46. The topological polar surface area (TPSA) is 100 Å². The number of ether oxygens (including phenoxy) is 2. The SMILES string of the molecule is COc1ccc2c(c1)N(OC)C(=O)[C@@]21C[C@@H]2N[C@](CO)([C@H](C)O)[C@@H]3C[C@@H]1OC[C@H]23. The molecule has 1 spiro atoms. The second-order valence-corrected chi connectivity index (χ2v) is 8.79. The van der Waals surface area contributed by atoms with Crippen LogP contribution in [0.2, 0.25) is 0 Å². The van der Waals surface area contributed by atoms with Crippen molar-refractivity contribution in [3.63, 3.8) is 0 Å². The maximum absolute atomic E-state index is 13.7. The first kappa shape index (κ1) is 19.3. The second kappa shape index (κ2) is 6.39. The third kappa shape index (κ3) is 2.24. The summed E-state index contributed by atoms with van der Waals surface area (Å²) in [4.78, 5) is 19.2. The Morgan fingerprint density at radius 2 is 2.21 bits per heavy atom. The number of carbonyl (C=O) groups is 1. The Bertz CT molecular complexity index is 846. The maximum Gasteiger partial charge on any atom is 0.264 e. The predicted molar refractivity (Wildman–Crippen MR) is 104 cm³/mol. The van der Waals surface area contributed by atoms with Gasteiger partial charge in [0.05, 0.1) is 50.9 Å². The van der Waals surface area contributed by atoms with Gasteiger partial charge in [0, 0.05) is 18.0 Å². The van der Waals surface area contributed by atoms with E-state index < -0.39 is 17.1 Å². The summed E-state index contributed by atoms with van der Waals surface area (Å²) in [5.74, 6) is 0.692. The Labute approximate surface area is 169 Å². The Kier molecular flexibility index (Phi) is 4.25. The number of nitrogens with zero attached hydrogens (tertiary/aromatic N) is 1. The van der Waals surface area contributed by atoms with Gasteiger partial charge in [-0.15, -0.1) is 0 Å². The van der Waals surface area contributed by atoms with Gasteiger partial charge in [-0.3, -0.25) is 9.63 Å². The fraction of sp³-hybridized carbons (Fsp3) is 0.667. The van der Waals surface area contributed by atoms with Gasteiger partial charge in [-0.2, -0.15) is 5.06 Å². The molecule has 5 aliphatic rings. The predicted octanol–water partition coefficient (Wildman–Crippen LogP) is 0.350. The number of amides is 1. The van der Waals surface area contributed by atoms with E-state index in [0.717, 1.165) is 5.56 Å². The van der Waals surface area contributed by atoms with Gasteiger partial charge in [-0.05, 0) is 37.3 Å². The summed E-state index contributed by atoms with van der Waals surface area (Å²) < 4.78 is 11.6. The summed E-state index contributed by atoms with van der Waals surface area (Å²) in [5.41, 5.74) is -0.0499. The average Bonchev–Trinajstić information content (AvgIpc) is 3.05. The van der Waals surface area contributed by atoms with Crippen molar-refractivity contribution in [1.82, 2.24) is 5.32 Å². The Morgan fingerprint density at radius 1 is 1.41 bits per heavy atom. The molecule has 3 N–H and O–H groups in total. The fourth-order valence-corrected chi connectivity index (χ4v) is 6.39. The highest BCUT2D eigenvalue weighted by Gasteiger charge is 2.68. The third-order valence-corrected chi connectivity index (χ3v) is 7.86. The van der Waals surface area contributed by atoms with Crippen molar-refractivity contribution in [1.29, 1.82) is 0 Å². The molecule has 4 bridgehead atoms. The van der Waals surface area contributed by atoms with Crippen molar-refractivity contribution in [2.24, 2.45) is 11.8 Å². The van der Waals surface area contributed by atoms with Crippen LogP contribution >= 0.6 is 0 Å². The Morgan fingerprint density at radius 3 is 2.86 bits per heavy atom. The zero-order chi connectivity index (χ0) is 20.6. The number of hydrogen-bond acceptors (Lipinski definition) is 7. The molecule has 8 heteroatoms. The van der Waals surface area contributed by atoms with E-state index in [4.69, 9.17) is 14.3 Å². The Hall–Kier alpha value is -1.71. The van der Waals surface area contributed by atoms with E-state index in [1.807, 2.05) is 18.2 Å². The molecule has 0 radical (unpaired) electrons. The van der Waals surface area contributed by atoms with E-state index in [0.29, 0.717) is 30.9 Å². The smallest absolute Gasteiger partial charge is 0.264 e. The molecule has 1 aliphatic carbocycles. The van der Waals surface area contributed by atoms with Crippen molar-refractivity contribution >= 4 is 11.6 Å². The van der Waals surface area contributed by atoms with Crippen LogP contribution < -0.4 is 15.1 Å². The number of aliphatic hydroxyl groups excluding tert-OH is 2. The van der Waals surface area contributed by atoms with E-state index in [2.05, 4.69) is 5.32 Å². The molecular formula is C21H28N2O6. The van der Waals surface area contributed by atoms with Crippen LogP contribution in [-0.4, -0.2) is 67.3 Å². The van der Waals surface area contributed by atoms with Gasteiger partial charge in [-0.25, -0.2) is 0 Å². The molecule has 1 aromatic carbocycles. The summed E-state index contributed by atoms with van der Waals surface area (Å²) in [6, 6.07) is 5.57. The Balaban J connectivity index is 1.63. The standard InChI is InChI=1S/C21H28N2O6/c1-11(25)21(10-24)15-7-18-20(8-16(22-21)13(15)9-29-18)14-5-4-12(27-2)6-17(14)23(28-3)19(20)26/h4-6,11,13,15-16,18,22,24-25H,7-10H2,1-3H3/t11-,13-,15+,16-,18-,20-,21+/m0/s1. The average molecular weight is 404 g/mol. The highest BCUT2D eigenvalue weighted by molar-refractivity contribution is 6.07. The van der Waals surface area contributed by atoms with Crippen LogP contribution in [0, 0.1) is 11.8 Å². The van der Waals surface area contributed by atoms with E-state index in [1.165, 1.54) is 12.2 Å². The highest BCUT2D eigenvalue weighted by atomic mass is 16.7. The van der Waals surface area contributed by atoms with E-state index in [9.17, 15) is 15.0 Å². The number of benzene rings is 1. The largest absolute Gasteiger partial charge is 0.497 e. The molecule has 4 aliphatic heterocycles. The molecule has 1 saturated carbocycles. The first-order valence-corrected chi connectivity index (χ1v) is 10.2. The summed E-state index contributed by atoms with van der Waals surface area (Å²) >= 11 is 0. The molecule has 8 nitrogen and oxygen atoms in total. The lowest BCUT2D eigenvalue weighted by atomic mass is 9.68. The summed E-state index contributed by atoms with van der Waals surface area (Å²) in [7, 11) is 3.08. The van der Waals surface area contributed by atoms with Crippen LogP contribution in [0.3, 0.4) is 0 Å². The zero-order valence-electron chi connectivity index (χ0n) is 16.9. The molecule has 29 heavy (non-hydrogen) atoms. The number of anilines is 1. The van der Waals surface area contributed by atoms with Crippen LogP contribution in [0.5, 0.6) is 5.75 Å². The van der Waals surface area contributed by atoms with Gasteiger partial charge in [0.15, 0.2) is 0 Å². The molecule has 1 aromatic rings. The van der Waals surface area contributed by atoms with Crippen LogP contribution in [0.15, 0.2) is 18.2 Å². The van der Waals surface area contributed by atoms with Crippen LogP contribution in [-0.2, 0) is 19.8 Å². The number of hydroxylamine groups is 1. The molecule has 4 fully saturated rings. The van der Waals surface area contributed by atoms with Gasteiger partial charge in [0.2, 0.25) is 0 Å². The number of aliphatic hydroxyl groups is 2. The molecule has 0 aromatic heterocycles. The van der Waals surface area contributed by atoms with Crippen molar-refractivity contribution in [3.8, 4) is 5.75 Å². The van der Waals surface area contributed by atoms with Gasteiger partial charge in [-0.1, -0.05) is 6.07 Å². The van der Waals surface area contributed by atoms with Crippen molar-refractivity contribution in [2.45, 2.75) is 49.0 Å². The van der Waals surface area contributed by atoms with E-state index >= 15 is 0 Å². The van der Waals surface area contributed by atoms with E-state index in [-0.39, 0.29) is 36.5 Å². The number of hydrogen-bond donors (Lipinski definition) is 3. The second-order valence-electron chi connectivity index (χ2n) is 8.79. The molecule has 3 saturated heterocycles. The van der Waals surface area contributed by atoms with Crippen LogP contribution in [0.25, 0.3) is 0 Å². The lowest BCUT2D eigenvalue weighted by Crippen LogP contribution is -2.62. The zero-order valence-corrected chi connectivity index (χ0v) is 16.9. The first-order valence-electron chi connectivity index (χ1n) is 10.2. The minimum Gasteiger partial charge on any atom is -0.497 e. The maximum atomic E-state index is 13.7. The molecular weight excluding hydrogens is 376 g/mol. The monoisotopic (exact) mass is 404 g/mol. The van der Waals surface area contributed by atoms with Gasteiger partial charge < -0.3 is 25.0 Å². The lowest BCUT2D eigenvalue weighted by molar-refractivity contribution is -0.141. The number of rotatable bonds is 4. The molecule has 0 unspecified atom stereocenters. The van der Waals surface area contributed by atoms with Gasteiger partial charge >= 0.3 is 0 Å². The minimum atomic E-state index is -0.862. The molecule has 4 heterocycles. The molecule has 6 rings (SSSR count). The summed E-state index contributed by atoms with van der Waals surface area (Å²) in [5, 5.41) is 25.6. The highest BCUT2D eigenvalue weighted by Crippen LogP contribution is 2.58. The van der Waals surface area contributed by atoms with Crippen molar-refractivity contribution in [3.05, 3.63) is 23.8 Å². The van der Waals surface area contributed by atoms with Crippen LogP contribution in [0.4, 0.5) is 5.69 Å². The van der Waals surface area contributed by atoms with Gasteiger partial charge in [0.25, 0.3) is 5.91 Å². The third-order valence-electron chi connectivity index (χ3n) is 7.86. The summed E-state index contributed by atoms with van der Waals surface area (Å²) in [6.45, 7) is 2.09. The van der Waals surface area contributed by atoms with Crippen molar-refractivity contribution in [2.75, 3.05) is 32.5 Å². The number of nitrogens with one attached hydrogen (secondary N) is 1.